The Morgan fingerprint density at radius 3 is 2.60 bits per heavy atom. The number of hydrogen-bond acceptors (Lipinski definition) is 5. The zero-order chi connectivity index (χ0) is 24.3. The van der Waals surface area contributed by atoms with Crippen LogP contribution in [0.5, 0.6) is 0 Å². The van der Waals surface area contributed by atoms with Crippen molar-refractivity contribution in [1.82, 2.24) is 14.8 Å². The highest BCUT2D eigenvalue weighted by molar-refractivity contribution is 7.89. The van der Waals surface area contributed by atoms with Crippen LogP contribution < -0.4 is 4.72 Å². The molecule has 0 radical (unpaired) electrons. The molecule has 0 aliphatic carbocycles. The molecule has 1 N–H and O–H groups in total. The summed E-state index contributed by atoms with van der Waals surface area (Å²) in [5, 5.41) is 4.94. The van der Waals surface area contributed by atoms with Crippen molar-refractivity contribution >= 4 is 21.0 Å². The minimum Gasteiger partial charge on any atom is -0.356 e. The third-order valence-electron chi connectivity index (χ3n) is 6.60. The van der Waals surface area contributed by atoms with Crippen LogP contribution >= 0.6 is 0 Å². The standard InChI is InChI=1S/C27H28FN3O3S/c28-23-10-13-25-26(30-34-27(25)17-23)7-4-15-31-16-14-20(19-31)18-29-35(32,33)24-11-8-22(9-12-24)21-5-2-1-3-6-21/h1-3,5-6,8-13,17,20,29H,4,7,14-16,18-19H2. The summed E-state index contributed by atoms with van der Waals surface area (Å²) in [6, 6.07) is 21.4. The van der Waals surface area contributed by atoms with Crippen LogP contribution in [-0.2, 0) is 16.4 Å². The van der Waals surface area contributed by atoms with Gasteiger partial charge in [0.05, 0.1) is 10.6 Å². The number of aryl methyl sites for hydroxylation is 1. The highest BCUT2D eigenvalue weighted by atomic mass is 32.2. The number of likely N-dealkylation sites (tertiary alicyclic amines) is 1. The highest BCUT2D eigenvalue weighted by Crippen LogP contribution is 2.23. The number of nitrogens with zero attached hydrogens (tertiary/aromatic N) is 2. The molecule has 0 spiro atoms. The van der Waals surface area contributed by atoms with Gasteiger partial charge in [0.15, 0.2) is 5.58 Å². The van der Waals surface area contributed by atoms with Gasteiger partial charge in [0.1, 0.15) is 5.82 Å². The second-order valence-corrected chi connectivity index (χ2v) is 10.8. The van der Waals surface area contributed by atoms with Crippen molar-refractivity contribution < 1.29 is 17.3 Å². The lowest BCUT2D eigenvalue weighted by atomic mass is 10.1. The molecular weight excluding hydrogens is 465 g/mol. The molecule has 5 rings (SSSR count). The molecule has 0 amide bonds. The van der Waals surface area contributed by atoms with E-state index in [-0.39, 0.29) is 16.6 Å². The van der Waals surface area contributed by atoms with Crippen LogP contribution in [-0.4, -0.2) is 44.7 Å². The van der Waals surface area contributed by atoms with E-state index in [1.54, 1.807) is 18.2 Å². The average Bonchev–Trinajstić information content (AvgIpc) is 3.50. The second kappa shape index (κ2) is 10.3. The molecule has 1 aromatic heterocycles. The number of halogens is 1. The molecular formula is C27H28FN3O3S. The molecule has 1 aliphatic heterocycles. The maximum absolute atomic E-state index is 13.3. The van der Waals surface area contributed by atoms with Crippen LogP contribution in [0.15, 0.2) is 82.2 Å². The number of nitrogens with one attached hydrogen (secondary N) is 1. The number of sulfonamides is 1. The summed E-state index contributed by atoms with van der Waals surface area (Å²) < 4.78 is 46.9. The quantitative estimate of drug-likeness (QED) is 0.360. The molecule has 0 bridgehead atoms. The van der Waals surface area contributed by atoms with E-state index < -0.39 is 10.0 Å². The lowest BCUT2D eigenvalue weighted by Crippen LogP contribution is -2.31. The molecule has 0 saturated carbocycles. The summed E-state index contributed by atoms with van der Waals surface area (Å²) in [6.07, 6.45) is 2.62. The Bertz CT molecular complexity index is 1390. The van der Waals surface area contributed by atoms with Gasteiger partial charge in [-0.25, -0.2) is 17.5 Å². The molecule has 1 fully saturated rings. The smallest absolute Gasteiger partial charge is 0.240 e. The number of benzene rings is 3. The Hall–Kier alpha value is -3.07. The minimum absolute atomic E-state index is 0.282. The average molecular weight is 494 g/mol. The molecule has 1 saturated heterocycles. The summed E-state index contributed by atoms with van der Waals surface area (Å²) in [4.78, 5) is 2.64. The molecule has 3 aromatic carbocycles. The lowest BCUT2D eigenvalue weighted by molar-refractivity contribution is 0.318. The Morgan fingerprint density at radius 2 is 1.80 bits per heavy atom. The van der Waals surface area contributed by atoms with Crippen molar-refractivity contribution in [2.75, 3.05) is 26.2 Å². The molecule has 1 atom stereocenters. The van der Waals surface area contributed by atoms with E-state index in [1.807, 2.05) is 42.5 Å². The zero-order valence-electron chi connectivity index (χ0n) is 19.4. The van der Waals surface area contributed by atoms with Gasteiger partial charge >= 0.3 is 0 Å². The fourth-order valence-corrected chi connectivity index (χ4v) is 5.78. The van der Waals surface area contributed by atoms with Crippen LogP contribution in [0.1, 0.15) is 18.5 Å². The van der Waals surface area contributed by atoms with Crippen LogP contribution in [0.25, 0.3) is 22.1 Å². The summed E-state index contributed by atoms with van der Waals surface area (Å²) >= 11 is 0. The molecule has 8 heteroatoms. The summed E-state index contributed by atoms with van der Waals surface area (Å²) in [5.41, 5.74) is 3.37. The van der Waals surface area contributed by atoms with Crippen molar-refractivity contribution in [2.45, 2.75) is 24.2 Å². The maximum atomic E-state index is 13.3. The normalized spacial score (nSPS) is 16.8. The van der Waals surface area contributed by atoms with Gasteiger partial charge in [-0.1, -0.05) is 47.6 Å². The van der Waals surface area contributed by atoms with Crippen molar-refractivity contribution in [2.24, 2.45) is 5.92 Å². The fourth-order valence-electron chi connectivity index (χ4n) is 4.66. The van der Waals surface area contributed by atoms with Crippen molar-refractivity contribution in [3.05, 3.63) is 84.3 Å². The van der Waals surface area contributed by atoms with Gasteiger partial charge in [-0.3, -0.25) is 0 Å². The van der Waals surface area contributed by atoms with Gasteiger partial charge in [-0.05, 0) is 73.7 Å². The highest BCUT2D eigenvalue weighted by Gasteiger charge is 2.24. The van der Waals surface area contributed by atoms with Gasteiger partial charge < -0.3 is 9.42 Å². The first-order valence-corrected chi connectivity index (χ1v) is 13.4. The van der Waals surface area contributed by atoms with Crippen LogP contribution in [0.2, 0.25) is 0 Å². The molecule has 182 valence electrons. The minimum atomic E-state index is -3.55. The second-order valence-electron chi connectivity index (χ2n) is 9.07. The fraction of sp³-hybridized carbons (Fsp3) is 0.296. The van der Waals surface area contributed by atoms with E-state index in [2.05, 4.69) is 14.8 Å². The van der Waals surface area contributed by atoms with Gasteiger partial charge in [0, 0.05) is 24.5 Å². The number of rotatable bonds is 9. The van der Waals surface area contributed by atoms with E-state index in [0.29, 0.717) is 12.1 Å². The first-order valence-electron chi connectivity index (χ1n) is 11.9. The number of hydrogen-bond donors (Lipinski definition) is 1. The predicted molar refractivity (Wildman–Crippen MR) is 134 cm³/mol. The Balaban J connectivity index is 1.09. The molecule has 4 aromatic rings. The monoisotopic (exact) mass is 493 g/mol. The van der Waals surface area contributed by atoms with E-state index in [9.17, 15) is 12.8 Å². The number of fused-ring (bicyclic) bond motifs is 1. The first-order chi connectivity index (χ1) is 17.0. The van der Waals surface area contributed by atoms with Gasteiger partial charge in [0.25, 0.3) is 0 Å². The SMILES string of the molecule is O=S(=O)(NCC1CCN(CCCc2noc3cc(F)ccc23)C1)c1ccc(-c2ccccc2)cc1. The van der Waals surface area contributed by atoms with Crippen LogP contribution in [0.4, 0.5) is 4.39 Å². The van der Waals surface area contributed by atoms with Gasteiger partial charge in [-0.2, -0.15) is 0 Å². The van der Waals surface area contributed by atoms with Gasteiger partial charge in [0.2, 0.25) is 10.0 Å². The number of aromatic nitrogens is 1. The van der Waals surface area contributed by atoms with Crippen LogP contribution in [0, 0.1) is 11.7 Å². The third kappa shape index (κ3) is 5.61. The zero-order valence-corrected chi connectivity index (χ0v) is 20.2. The van der Waals surface area contributed by atoms with Crippen LogP contribution in [0.3, 0.4) is 0 Å². The molecule has 1 unspecified atom stereocenters. The van der Waals surface area contributed by atoms with E-state index >= 15 is 0 Å². The molecule has 35 heavy (non-hydrogen) atoms. The van der Waals surface area contributed by atoms with Crippen molar-refractivity contribution in [3.63, 3.8) is 0 Å². The van der Waals surface area contributed by atoms with Gasteiger partial charge in [-0.15, -0.1) is 0 Å². The topological polar surface area (TPSA) is 75.4 Å². The summed E-state index contributed by atoms with van der Waals surface area (Å²) in [6.45, 7) is 3.14. The first kappa shape index (κ1) is 23.7. The Morgan fingerprint density at radius 1 is 1.03 bits per heavy atom. The van der Waals surface area contributed by atoms with Crippen molar-refractivity contribution in [1.29, 1.82) is 0 Å². The third-order valence-corrected chi connectivity index (χ3v) is 8.04. The molecule has 1 aliphatic rings. The van der Waals surface area contributed by atoms with E-state index in [4.69, 9.17) is 4.52 Å². The maximum Gasteiger partial charge on any atom is 0.240 e. The molecule has 2 heterocycles. The predicted octanol–water partition coefficient (Wildman–Crippen LogP) is 4.87. The Labute approximate surface area is 204 Å². The Kier molecular flexibility index (Phi) is 6.95. The van der Waals surface area contributed by atoms with E-state index in [1.165, 1.54) is 12.1 Å². The largest absolute Gasteiger partial charge is 0.356 e. The lowest BCUT2D eigenvalue weighted by Gasteiger charge is -2.16. The van der Waals surface area contributed by atoms with Crippen molar-refractivity contribution in [3.8, 4) is 11.1 Å². The summed E-state index contributed by atoms with van der Waals surface area (Å²) in [7, 11) is -3.55. The van der Waals surface area contributed by atoms with E-state index in [0.717, 1.165) is 61.1 Å². The molecule has 6 nitrogen and oxygen atoms in total. The summed E-state index contributed by atoms with van der Waals surface area (Å²) in [5.74, 6) is -0.0487.